The smallest absolute Gasteiger partial charge is 0.214 e. The second-order valence-corrected chi connectivity index (χ2v) is 6.92. The van der Waals surface area contributed by atoms with Crippen LogP contribution in [-0.2, 0) is 0 Å². The number of aromatic nitrogens is 4. The molecule has 1 N–H and O–H groups in total. The molecule has 0 spiro atoms. The van der Waals surface area contributed by atoms with Gasteiger partial charge in [0.2, 0.25) is 10.1 Å². The molecule has 122 valence electrons. The molecule has 4 rings (SSSR count). The normalized spacial score (nSPS) is 17.3. The van der Waals surface area contributed by atoms with Crippen molar-refractivity contribution < 1.29 is 0 Å². The molecule has 0 aromatic carbocycles. The zero-order chi connectivity index (χ0) is 16.5. The SMILES string of the molecule is Cc1cn2nc(N3CC[C@@H](CNc4ncccc4C#N)C3)sc2n1. The van der Waals surface area contributed by atoms with Crippen LogP contribution in [0.2, 0.25) is 0 Å². The maximum atomic E-state index is 9.12. The van der Waals surface area contributed by atoms with Crippen molar-refractivity contribution in [2.45, 2.75) is 13.3 Å². The lowest BCUT2D eigenvalue weighted by Crippen LogP contribution is -2.22. The molecule has 24 heavy (non-hydrogen) atoms. The quantitative estimate of drug-likeness (QED) is 0.785. The minimum Gasteiger partial charge on any atom is -0.369 e. The average Bonchev–Trinajstić information content (AvgIpc) is 3.27. The summed E-state index contributed by atoms with van der Waals surface area (Å²) in [5.41, 5.74) is 1.58. The van der Waals surface area contributed by atoms with Crippen molar-refractivity contribution in [1.29, 1.82) is 5.26 Å². The van der Waals surface area contributed by atoms with Crippen LogP contribution in [0.25, 0.3) is 4.96 Å². The Morgan fingerprint density at radius 2 is 2.42 bits per heavy atom. The van der Waals surface area contributed by atoms with E-state index in [-0.39, 0.29) is 0 Å². The average molecular weight is 339 g/mol. The van der Waals surface area contributed by atoms with Crippen LogP contribution < -0.4 is 10.2 Å². The van der Waals surface area contributed by atoms with E-state index in [0.29, 0.717) is 17.3 Å². The molecular formula is C16H17N7S. The number of anilines is 2. The molecule has 0 amide bonds. The van der Waals surface area contributed by atoms with Crippen molar-refractivity contribution in [3.63, 3.8) is 0 Å². The number of hydrogen-bond acceptors (Lipinski definition) is 7. The fraction of sp³-hybridized carbons (Fsp3) is 0.375. The van der Waals surface area contributed by atoms with Gasteiger partial charge in [0, 0.05) is 25.8 Å². The number of imidazole rings is 1. The van der Waals surface area contributed by atoms with Crippen molar-refractivity contribution in [3.05, 3.63) is 35.8 Å². The summed E-state index contributed by atoms with van der Waals surface area (Å²) in [6.07, 6.45) is 4.76. The molecular weight excluding hydrogens is 322 g/mol. The Labute approximate surface area is 143 Å². The molecule has 1 atom stereocenters. The number of nitrogens with zero attached hydrogens (tertiary/aromatic N) is 6. The van der Waals surface area contributed by atoms with Gasteiger partial charge in [0.05, 0.1) is 17.5 Å². The zero-order valence-electron chi connectivity index (χ0n) is 13.3. The van der Waals surface area contributed by atoms with Crippen LogP contribution in [0.15, 0.2) is 24.5 Å². The second kappa shape index (κ2) is 6.09. The molecule has 0 unspecified atom stereocenters. The third kappa shape index (κ3) is 2.78. The number of nitriles is 1. The number of aryl methyl sites for hydroxylation is 1. The first-order valence-corrected chi connectivity index (χ1v) is 8.71. The third-order valence-corrected chi connectivity index (χ3v) is 5.18. The highest BCUT2D eigenvalue weighted by atomic mass is 32.1. The van der Waals surface area contributed by atoms with E-state index < -0.39 is 0 Å². The fourth-order valence-corrected chi connectivity index (χ4v) is 3.94. The van der Waals surface area contributed by atoms with E-state index in [9.17, 15) is 0 Å². The Balaban J connectivity index is 1.39. The molecule has 0 aliphatic carbocycles. The largest absolute Gasteiger partial charge is 0.369 e. The number of fused-ring (bicyclic) bond motifs is 1. The summed E-state index contributed by atoms with van der Waals surface area (Å²) in [7, 11) is 0. The molecule has 3 aromatic rings. The fourth-order valence-electron chi connectivity index (χ4n) is 2.98. The van der Waals surface area contributed by atoms with Crippen molar-refractivity contribution in [3.8, 4) is 6.07 Å². The number of rotatable bonds is 4. The van der Waals surface area contributed by atoms with E-state index in [1.807, 2.05) is 17.6 Å². The van der Waals surface area contributed by atoms with E-state index in [4.69, 9.17) is 5.26 Å². The number of nitrogens with one attached hydrogen (secondary N) is 1. The van der Waals surface area contributed by atoms with Crippen LogP contribution in [0.4, 0.5) is 10.9 Å². The van der Waals surface area contributed by atoms with Crippen molar-refractivity contribution in [2.24, 2.45) is 5.92 Å². The lowest BCUT2D eigenvalue weighted by molar-refractivity contribution is 0.621. The summed E-state index contributed by atoms with van der Waals surface area (Å²) < 4.78 is 1.86. The van der Waals surface area contributed by atoms with Crippen LogP contribution in [0.1, 0.15) is 17.7 Å². The van der Waals surface area contributed by atoms with Gasteiger partial charge in [-0.05, 0) is 31.4 Å². The maximum Gasteiger partial charge on any atom is 0.214 e. The van der Waals surface area contributed by atoms with Gasteiger partial charge < -0.3 is 10.2 Å². The molecule has 3 aromatic heterocycles. The third-order valence-electron chi connectivity index (χ3n) is 4.20. The number of hydrogen-bond donors (Lipinski definition) is 1. The molecule has 0 saturated carbocycles. The van der Waals surface area contributed by atoms with Crippen LogP contribution in [0.5, 0.6) is 0 Å². The second-order valence-electron chi connectivity index (χ2n) is 5.99. The van der Waals surface area contributed by atoms with E-state index >= 15 is 0 Å². The predicted octanol–water partition coefficient (Wildman–Crippen LogP) is 2.30. The van der Waals surface area contributed by atoms with Gasteiger partial charge in [-0.25, -0.2) is 14.5 Å². The molecule has 1 saturated heterocycles. The first-order valence-electron chi connectivity index (χ1n) is 7.89. The molecule has 0 bridgehead atoms. The molecule has 1 fully saturated rings. The first-order chi connectivity index (χ1) is 11.7. The Bertz CT molecular complexity index is 875. The molecule has 4 heterocycles. The van der Waals surface area contributed by atoms with E-state index in [2.05, 4.69) is 31.4 Å². The van der Waals surface area contributed by atoms with Crippen molar-refractivity contribution in [1.82, 2.24) is 19.6 Å². The van der Waals surface area contributed by atoms with Gasteiger partial charge in [0.15, 0.2) is 0 Å². The van der Waals surface area contributed by atoms with Gasteiger partial charge in [-0.1, -0.05) is 11.3 Å². The van der Waals surface area contributed by atoms with E-state index in [1.165, 1.54) is 0 Å². The summed E-state index contributed by atoms with van der Waals surface area (Å²) in [6.45, 7) is 4.74. The summed E-state index contributed by atoms with van der Waals surface area (Å²) in [6, 6.07) is 5.73. The minimum absolute atomic E-state index is 0.511. The molecule has 8 heteroatoms. The standard InChI is InChI=1S/C16H17N7S/c1-11-9-23-15(20-11)24-16(21-23)22-6-4-12(10-22)8-19-14-13(7-17)3-2-5-18-14/h2-3,5,9,12H,4,6,8,10H2,1H3,(H,18,19)/t12-/m0/s1. The first kappa shape index (κ1) is 14.9. The van der Waals surface area contributed by atoms with Gasteiger partial charge in [-0.15, -0.1) is 5.10 Å². The molecule has 7 nitrogen and oxygen atoms in total. The Morgan fingerprint density at radius 3 is 3.25 bits per heavy atom. The van der Waals surface area contributed by atoms with E-state index in [1.54, 1.807) is 29.7 Å². The summed E-state index contributed by atoms with van der Waals surface area (Å²) in [5.74, 6) is 1.18. The van der Waals surface area contributed by atoms with Crippen LogP contribution in [-0.4, -0.2) is 39.2 Å². The summed E-state index contributed by atoms with van der Waals surface area (Å²) >= 11 is 1.63. The summed E-state index contributed by atoms with van der Waals surface area (Å²) in [4.78, 5) is 12.0. The molecule has 1 aliphatic rings. The Morgan fingerprint density at radius 1 is 1.50 bits per heavy atom. The summed E-state index contributed by atoms with van der Waals surface area (Å²) in [5, 5.41) is 18.1. The highest BCUT2D eigenvalue weighted by Crippen LogP contribution is 2.28. The van der Waals surface area contributed by atoms with Gasteiger partial charge >= 0.3 is 0 Å². The highest BCUT2D eigenvalue weighted by molar-refractivity contribution is 7.20. The van der Waals surface area contributed by atoms with Crippen molar-refractivity contribution in [2.75, 3.05) is 29.9 Å². The lowest BCUT2D eigenvalue weighted by Gasteiger charge is -2.15. The van der Waals surface area contributed by atoms with Gasteiger partial charge in [-0.2, -0.15) is 5.26 Å². The Hall–Kier alpha value is -2.66. The topological polar surface area (TPSA) is 82.1 Å². The van der Waals surface area contributed by atoms with Crippen LogP contribution in [0, 0.1) is 24.2 Å². The monoisotopic (exact) mass is 339 g/mol. The van der Waals surface area contributed by atoms with Gasteiger partial charge in [0.1, 0.15) is 11.9 Å². The van der Waals surface area contributed by atoms with Gasteiger partial charge in [-0.3, -0.25) is 0 Å². The predicted molar refractivity (Wildman–Crippen MR) is 93.4 cm³/mol. The lowest BCUT2D eigenvalue weighted by atomic mass is 10.1. The number of pyridine rings is 1. The molecule has 0 radical (unpaired) electrons. The van der Waals surface area contributed by atoms with Crippen LogP contribution in [0.3, 0.4) is 0 Å². The van der Waals surface area contributed by atoms with Crippen LogP contribution >= 0.6 is 11.3 Å². The molecule has 1 aliphatic heterocycles. The minimum atomic E-state index is 0.511. The maximum absolute atomic E-state index is 9.12. The van der Waals surface area contributed by atoms with Crippen molar-refractivity contribution >= 4 is 27.2 Å². The Kier molecular flexibility index (Phi) is 3.78. The zero-order valence-corrected chi connectivity index (χ0v) is 14.1. The van der Waals surface area contributed by atoms with Gasteiger partial charge in [0.25, 0.3) is 0 Å². The highest BCUT2D eigenvalue weighted by Gasteiger charge is 2.25. The van der Waals surface area contributed by atoms with E-state index in [0.717, 1.165) is 41.8 Å².